The van der Waals surface area contributed by atoms with E-state index in [1.54, 1.807) is 0 Å². The number of ether oxygens (including phenoxy) is 2. The molecule has 0 N–H and O–H groups in total. The third-order valence-corrected chi connectivity index (χ3v) is 3.05. The molecule has 0 bridgehead atoms. The van der Waals surface area contributed by atoms with Crippen molar-refractivity contribution < 1.29 is 18.3 Å². The van der Waals surface area contributed by atoms with E-state index in [1.165, 1.54) is 17.7 Å². The van der Waals surface area contributed by atoms with Crippen LogP contribution in [-0.4, -0.2) is 26.0 Å². The highest BCUT2D eigenvalue weighted by Crippen LogP contribution is 2.21. The van der Waals surface area contributed by atoms with Crippen LogP contribution in [0.25, 0.3) is 0 Å². The third kappa shape index (κ3) is 4.46. The zero-order valence-corrected chi connectivity index (χ0v) is 11.4. The van der Waals surface area contributed by atoms with Gasteiger partial charge in [-0.3, -0.25) is 0 Å². The Bertz CT molecular complexity index is 480. The van der Waals surface area contributed by atoms with Gasteiger partial charge in [0.15, 0.2) is 0 Å². The van der Waals surface area contributed by atoms with Gasteiger partial charge in [0.05, 0.1) is 13.2 Å². The van der Waals surface area contributed by atoms with E-state index < -0.39 is 17.9 Å². The van der Waals surface area contributed by atoms with Crippen molar-refractivity contribution in [3.8, 4) is 5.75 Å². The molecule has 0 aliphatic heterocycles. The van der Waals surface area contributed by atoms with Gasteiger partial charge in [0.1, 0.15) is 24.4 Å². The third-order valence-electron chi connectivity index (χ3n) is 3.05. The maximum Gasteiger partial charge on any atom is 0.127 e. The summed E-state index contributed by atoms with van der Waals surface area (Å²) in [6.07, 6.45) is 2.42. The number of hydrogen-bond donors (Lipinski definition) is 0. The van der Waals surface area contributed by atoms with Crippen LogP contribution in [0.3, 0.4) is 0 Å². The van der Waals surface area contributed by atoms with E-state index in [2.05, 4.69) is 0 Å². The summed E-state index contributed by atoms with van der Waals surface area (Å²) in [6.45, 7) is 2.88. The summed E-state index contributed by atoms with van der Waals surface area (Å²) in [5.41, 5.74) is 1.17. The molecule has 108 valence electrons. The molecule has 0 fully saturated rings. The van der Waals surface area contributed by atoms with E-state index in [1.807, 2.05) is 31.2 Å². The first kappa shape index (κ1) is 14.7. The number of halogens is 2. The molecule has 0 heterocycles. The molecule has 20 heavy (non-hydrogen) atoms. The van der Waals surface area contributed by atoms with Gasteiger partial charge in [-0.25, -0.2) is 8.78 Å². The average molecular weight is 280 g/mol. The average Bonchev–Trinajstić information content (AvgIpc) is 2.44. The van der Waals surface area contributed by atoms with Gasteiger partial charge in [-0.05, 0) is 37.3 Å². The van der Waals surface area contributed by atoms with Crippen molar-refractivity contribution in [3.05, 3.63) is 53.9 Å². The lowest BCUT2D eigenvalue weighted by molar-refractivity contribution is 0.0685. The van der Waals surface area contributed by atoms with Gasteiger partial charge in [0, 0.05) is 5.92 Å². The minimum atomic E-state index is -1.19. The molecule has 1 aliphatic carbocycles. The number of benzene rings is 1. The summed E-state index contributed by atoms with van der Waals surface area (Å²) >= 11 is 0. The highest BCUT2D eigenvalue weighted by Gasteiger charge is 2.20. The lowest BCUT2D eigenvalue weighted by Gasteiger charge is -2.18. The maximum atomic E-state index is 13.4. The van der Waals surface area contributed by atoms with Crippen LogP contribution >= 0.6 is 0 Å². The minimum absolute atomic E-state index is 0.149. The van der Waals surface area contributed by atoms with Gasteiger partial charge in [0.2, 0.25) is 0 Å². The van der Waals surface area contributed by atoms with Crippen molar-refractivity contribution in [2.24, 2.45) is 5.92 Å². The summed E-state index contributed by atoms with van der Waals surface area (Å²) in [7, 11) is 0. The zero-order chi connectivity index (χ0) is 14.4. The Balaban J connectivity index is 1.64. The van der Waals surface area contributed by atoms with Crippen molar-refractivity contribution in [2.45, 2.75) is 13.1 Å². The molecular weight excluding hydrogens is 262 g/mol. The molecule has 1 aliphatic rings. The van der Waals surface area contributed by atoms with E-state index in [9.17, 15) is 8.78 Å². The Morgan fingerprint density at radius 2 is 1.90 bits per heavy atom. The molecular formula is C16H18F2O2. The van der Waals surface area contributed by atoms with Crippen LogP contribution in [0.1, 0.15) is 5.56 Å². The second kappa shape index (κ2) is 7.20. The lowest BCUT2D eigenvalue weighted by Crippen LogP contribution is -2.21. The summed E-state index contributed by atoms with van der Waals surface area (Å²) in [6, 6.07) is 7.70. The van der Waals surface area contributed by atoms with Gasteiger partial charge >= 0.3 is 0 Å². The molecule has 0 aromatic heterocycles. The number of allylic oxidation sites excluding steroid dienone is 3. The van der Waals surface area contributed by atoms with E-state index in [-0.39, 0.29) is 6.61 Å². The SMILES string of the molecule is Cc1ccc(OCCOCC2C=C(F)C=CC2F)cc1. The van der Waals surface area contributed by atoms with Crippen LogP contribution in [0, 0.1) is 12.8 Å². The zero-order valence-electron chi connectivity index (χ0n) is 11.4. The molecule has 2 unspecified atom stereocenters. The maximum absolute atomic E-state index is 13.4. The predicted octanol–water partition coefficient (Wildman–Crippen LogP) is 3.77. The molecule has 2 nitrogen and oxygen atoms in total. The minimum Gasteiger partial charge on any atom is -0.491 e. The molecule has 4 heteroatoms. The summed E-state index contributed by atoms with van der Waals surface area (Å²) in [5.74, 6) is -0.197. The first-order chi connectivity index (χ1) is 9.65. The molecule has 1 aromatic rings. The van der Waals surface area contributed by atoms with Crippen LogP contribution in [0.15, 0.2) is 48.3 Å². The first-order valence-electron chi connectivity index (χ1n) is 6.62. The Morgan fingerprint density at radius 3 is 2.65 bits per heavy atom. The highest BCUT2D eigenvalue weighted by molar-refractivity contribution is 5.26. The molecule has 0 radical (unpaired) electrons. The molecule has 0 spiro atoms. The quantitative estimate of drug-likeness (QED) is 0.739. The van der Waals surface area contributed by atoms with Crippen molar-refractivity contribution in [2.75, 3.05) is 19.8 Å². The largest absolute Gasteiger partial charge is 0.491 e. The Kier molecular flexibility index (Phi) is 5.30. The van der Waals surface area contributed by atoms with Crippen LogP contribution in [0.4, 0.5) is 8.78 Å². The van der Waals surface area contributed by atoms with Gasteiger partial charge in [-0.2, -0.15) is 0 Å². The van der Waals surface area contributed by atoms with E-state index in [0.717, 1.165) is 11.8 Å². The number of alkyl halides is 1. The van der Waals surface area contributed by atoms with Gasteiger partial charge < -0.3 is 9.47 Å². The Labute approximate surface area is 117 Å². The van der Waals surface area contributed by atoms with Crippen LogP contribution in [0.2, 0.25) is 0 Å². The lowest BCUT2D eigenvalue weighted by atomic mass is 9.99. The molecule has 0 amide bonds. The smallest absolute Gasteiger partial charge is 0.127 e. The topological polar surface area (TPSA) is 18.5 Å². The van der Waals surface area contributed by atoms with Crippen molar-refractivity contribution in [1.82, 2.24) is 0 Å². The van der Waals surface area contributed by atoms with Crippen molar-refractivity contribution in [1.29, 1.82) is 0 Å². The molecule has 2 rings (SSSR count). The number of rotatable bonds is 6. The molecule has 0 saturated heterocycles. The fourth-order valence-electron chi connectivity index (χ4n) is 1.89. The highest BCUT2D eigenvalue weighted by atomic mass is 19.1. The van der Waals surface area contributed by atoms with Crippen molar-refractivity contribution in [3.63, 3.8) is 0 Å². The standard InChI is InChI=1S/C16H18F2O2/c1-12-2-5-15(6-3-12)20-9-8-19-11-13-10-14(17)4-7-16(13)18/h2-7,10,13,16H,8-9,11H2,1H3. The fraction of sp³-hybridized carbons (Fsp3) is 0.375. The molecule has 2 atom stereocenters. The second-order valence-electron chi connectivity index (χ2n) is 4.76. The van der Waals surface area contributed by atoms with Crippen LogP contribution in [0.5, 0.6) is 5.75 Å². The molecule has 0 saturated carbocycles. The Morgan fingerprint density at radius 1 is 1.15 bits per heavy atom. The normalized spacial score (nSPS) is 21.6. The molecule has 1 aromatic carbocycles. The predicted molar refractivity (Wildman–Crippen MR) is 74.2 cm³/mol. The monoisotopic (exact) mass is 280 g/mol. The fourth-order valence-corrected chi connectivity index (χ4v) is 1.89. The summed E-state index contributed by atoms with van der Waals surface area (Å²) in [5, 5.41) is 0. The van der Waals surface area contributed by atoms with Crippen molar-refractivity contribution >= 4 is 0 Å². The first-order valence-corrected chi connectivity index (χ1v) is 6.62. The Hall–Kier alpha value is -1.68. The van der Waals surface area contributed by atoms with E-state index in [0.29, 0.717) is 13.2 Å². The second-order valence-corrected chi connectivity index (χ2v) is 4.76. The van der Waals surface area contributed by atoms with Gasteiger partial charge in [-0.1, -0.05) is 17.7 Å². The van der Waals surface area contributed by atoms with Crippen LogP contribution in [-0.2, 0) is 4.74 Å². The van der Waals surface area contributed by atoms with E-state index in [4.69, 9.17) is 9.47 Å². The number of hydrogen-bond acceptors (Lipinski definition) is 2. The number of aryl methyl sites for hydroxylation is 1. The van der Waals surface area contributed by atoms with E-state index >= 15 is 0 Å². The summed E-state index contributed by atoms with van der Waals surface area (Å²) in [4.78, 5) is 0. The summed E-state index contributed by atoms with van der Waals surface area (Å²) < 4.78 is 37.2. The van der Waals surface area contributed by atoms with Crippen LogP contribution < -0.4 is 4.74 Å². The van der Waals surface area contributed by atoms with Gasteiger partial charge in [-0.15, -0.1) is 0 Å². The van der Waals surface area contributed by atoms with Gasteiger partial charge in [0.25, 0.3) is 0 Å².